The normalized spacial score (nSPS) is 10.6. The Morgan fingerprint density at radius 2 is 1.79 bits per heavy atom. The molecular formula is C21H21BrN4O3. The van der Waals surface area contributed by atoms with E-state index in [1.165, 1.54) is 6.33 Å². The van der Waals surface area contributed by atoms with Crippen LogP contribution in [0.2, 0.25) is 0 Å². The number of aromatic nitrogens is 2. The highest BCUT2D eigenvalue weighted by Gasteiger charge is 2.13. The number of ether oxygens (including phenoxy) is 1. The minimum absolute atomic E-state index is 0.0296. The zero-order valence-electron chi connectivity index (χ0n) is 16.2. The van der Waals surface area contributed by atoms with Crippen molar-refractivity contribution in [3.63, 3.8) is 0 Å². The third kappa shape index (κ3) is 5.08. The minimum atomic E-state index is -0.324. The molecule has 0 unspecified atom stereocenters. The van der Waals surface area contributed by atoms with E-state index in [1.807, 2.05) is 32.0 Å². The molecule has 0 saturated heterocycles. The number of benzene rings is 2. The van der Waals surface area contributed by atoms with E-state index in [0.717, 1.165) is 9.99 Å². The maximum atomic E-state index is 12.3. The van der Waals surface area contributed by atoms with Crippen molar-refractivity contribution < 1.29 is 14.3 Å². The lowest BCUT2D eigenvalue weighted by Crippen LogP contribution is -2.30. The van der Waals surface area contributed by atoms with Gasteiger partial charge in [-0.3, -0.25) is 9.59 Å². The molecule has 0 aliphatic carbocycles. The van der Waals surface area contributed by atoms with E-state index in [1.54, 1.807) is 29.2 Å². The summed E-state index contributed by atoms with van der Waals surface area (Å²) in [6.45, 7) is 4.99. The number of nitrogens with one attached hydrogen (secondary N) is 1. The number of nitrogens with zero attached hydrogens (tertiary/aromatic N) is 3. The van der Waals surface area contributed by atoms with Crippen molar-refractivity contribution >= 4 is 44.3 Å². The molecule has 7 nitrogen and oxygen atoms in total. The van der Waals surface area contributed by atoms with Gasteiger partial charge in [-0.1, -0.05) is 15.9 Å². The highest BCUT2D eigenvalue weighted by molar-refractivity contribution is 9.10. The first-order valence-electron chi connectivity index (χ1n) is 9.24. The Bertz CT molecular complexity index is 1020. The smallest absolute Gasteiger partial charge is 0.262 e. The zero-order chi connectivity index (χ0) is 20.8. The van der Waals surface area contributed by atoms with Crippen molar-refractivity contribution in [2.75, 3.05) is 25.0 Å². The Morgan fingerprint density at radius 3 is 2.48 bits per heavy atom. The summed E-state index contributed by atoms with van der Waals surface area (Å²) in [6, 6.07) is 12.4. The fourth-order valence-corrected chi connectivity index (χ4v) is 3.20. The SMILES string of the molecule is CCN(CC)C(=O)c1ccc(NC(=O)COc2ncnc3ccc(Br)cc23)cc1. The van der Waals surface area contributed by atoms with Crippen LogP contribution in [0.15, 0.2) is 53.3 Å². The van der Waals surface area contributed by atoms with Gasteiger partial charge in [0.2, 0.25) is 5.88 Å². The average molecular weight is 457 g/mol. The van der Waals surface area contributed by atoms with Crippen molar-refractivity contribution in [1.82, 2.24) is 14.9 Å². The summed E-state index contributed by atoms with van der Waals surface area (Å²) in [6.07, 6.45) is 1.40. The van der Waals surface area contributed by atoms with Gasteiger partial charge in [-0.2, -0.15) is 0 Å². The van der Waals surface area contributed by atoms with E-state index >= 15 is 0 Å². The Morgan fingerprint density at radius 1 is 1.07 bits per heavy atom. The summed E-state index contributed by atoms with van der Waals surface area (Å²) in [7, 11) is 0. The van der Waals surface area contributed by atoms with Crippen LogP contribution in [0.1, 0.15) is 24.2 Å². The lowest BCUT2D eigenvalue weighted by molar-refractivity contribution is -0.118. The third-order valence-corrected chi connectivity index (χ3v) is 4.86. The first kappa shape index (κ1) is 20.7. The molecule has 3 aromatic rings. The van der Waals surface area contributed by atoms with Crippen molar-refractivity contribution in [3.8, 4) is 5.88 Å². The van der Waals surface area contributed by atoms with Crippen LogP contribution in [-0.4, -0.2) is 46.4 Å². The van der Waals surface area contributed by atoms with Gasteiger partial charge in [-0.05, 0) is 56.3 Å². The van der Waals surface area contributed by atoms with Crippen LogP contribution in [0.5, 0.6) is 5.88 Å². The lowest BCUT2D eigenvalue weighted by Gasteiger charge is -2.18. The molecule has 29 heavy (non-hydrogen) atoms. The quantitative estimate of drug-likeness (QED) is 0.582. The molecule has 0 spiro atoms. The number of fused-ring (bicyclic) bond motifs is 1. The van der Waals surface area contributed by atoms with Crippen LogP contribution in [0.4, 0.5) is 5.69 Å². The number of amides is 2. The molecule has 0 saturated carbocycles. The monoisotopic (exact) mass is 456 g/mol. The number of halogens is 1. The molecule has 0 bridgehead atoms. The van der Waals surface area contributed by atoms with Crippen molar-refractivity contribution in [3.05, 3.63) is 58.8 Å². The van der Waals surface area contributed by atoms with Crippen LogP contribution in [0, 0.1) is 0 Å². The van der Waals surface area contributed by atoms with Gasteiger partial charge in [0.15, 0.2) is 6.61 Å². The second-order valence-corrected chi connectivity index (χ2v) is 7.15. The summed E-state index contributed by atoms with van der Waals surface area (Å²) >= 11 is 3.41. The molecule has 1 heterocycles. The number of hydrogen-bond donors (Lipinski definition) is 1. The molecular weight excluding hydrogens is 436 g/mol. The number of carbonyl (C=O) groups is 2. The van der Waals surface area contributed by atoms with Crippen molar-refractivity contribution in [2.24, 2.45) is 0 Å². The van der Waals surface area contributed by atoms with Crippen molar-refractivity contribution in [1.29, 1.82) is 0 Å². The standard InChI is InChI=1S/C21H21BrN4O3/c1-3-26(4-2)21(28)14-5-8-16(9-6-14)25-19(27)12-29-20-17-11-15(22)7-10-18(17)23-13-24-20/h5-11,13H,3-4,12H2,1-2H3,(H,25,27). The highest BCUT2D eigenvalue weighted by Crippen LogP contribution is 2.24. The van der Waals surface area contributed by atoms with Gasteiger partial charge in [-0.25, -0.2) is 9.97 Å². The fourth-order valence-electron chi connectivity index (χ4n) is 2.84. The fraction of sp³-hybridized carbons (Fsp3) is 0.238. The molecule has 0 radical (unpaired) electrons. The molecule has 0 atom stereocenters. The molecule has 3 rings (SSSR count). The Balaban J connectivity index is 1.62. The summed E-state index contributed by atoms with van der Waals surface area (Å²) < 4.78 is 6.45. The highest BCUT2D eigenvalue weighted by atomic mass is 79.9. The van der Waals surface area contributed by atoms with Gasteiger partial charge < -0.3 is 15.0 Å². The van der Waals surface area contributed by atoms with Crippen LogP contribution in [0.3, 0.4) is 0 Å². The zero-order valence-corrected chi connectivity index (χ0v) is 17.8. The van der Waals surface area contributed by atoms with Gasteiger partial charge in [0.25, 0.3) is 11.8 Å². The predicted molar refractivity (Wildman–Crippen MR) is 115 cm³/mol. The van der Waals surface area contributed by atoms with Gasteiger partial charge in [0.05, 0.1) is 10.9 Å². The largest absolute Gasteiger partial charge is 0.467 e. The van der Waals surface area contributed by atoms with E-state index < -0.39 is 0 Å². The summed E-state index contributed by atoms with van der Waals surface area (Å²) in [5.74, 6) is -0.0146. The van der Waals surface area contributed by atoms with Gasteiger partial charge in [-0.15, -0.1) is 0 Å². The maximum absolute atomic E-state index is 12.3. The maximum Gasteiger partial charge on any atom is 0.262 e. The van der Waals surface area contributed by atoms with E-state index in [9.17, 15) is 9.59 Å². The van der Waals surface area contributed by atoms with E-state index in [0.29, 0.717) is 35.6 Å². The van der Waals surface area contributed by atoms with Gasteiger partial charge in [0, 0.05) is 28.8 Å². The second-order valence-electron chi connectivity index (χ2n) is 6.23. The number of carbonyl (C=O) groups excluding carboxylic acids is 2. The number of rotatable bonds is 7. The number of hydrogen-bond acceptors (Lipinski definition) is 5. The van der Waals surface area contributed by atoms with E-state index in [-0.39, 0.29) is 18.4 Å². The van der Waals surface area contributed by atoms with Crippen LogP contribution < -0.4 is 10.1 Å². The summed E-state index contributed by atoms with van der Waals surface area (Å²) in [4.78, 5) is 34.6. The Hall–Kier alpha value is -3.00. The van der Waals surface area contributed by atoms with Crippen LogP contribution in [0.25, 0.3) is 10.9 Å². The van der Waals surface area contributed by atoms with Crippen LogP contribution >= 0.6 is 15.9 Å². The lowest BCUT2D eigenvalue weighted by atomic mass is 10.2. The average Bonchev–Trinajstić information content (AvgIpc) is 2.73. The topological polar surface area (TPSA) is 84.4 Å². The molecule has 1 aromatic heterocycles. The molecule has 0 aliphatic heterocycles. The van der Waals surface area contributed by atoms with E-state index in [4.69, 9.17) is 4.74 Å². The summed E-state index contributed by atoms with van der Waals surface area (Å²) in [5.41, 5.74) is 1.90. The van der Waals surface area contributed by atoms with Crippen LogP contribution in [-0.2, 0) is 4.79 Å². The first-order chi connectivity index (χ1) is 14.0. The second kappa shape index (κ2) is 9.47. The molecule has 0 fully saturated rings. The molecule has 150 valence electrons. The summed E-state index contributed by atoms with van der Waals surface area (Å²) in [5, 5.41) is 3.47. The third-order valence-electron chi connectivity index (χ3n) is 4.37. The Labute approximate surface area is 177 Å². The predicted octanol–water partition coefficient (Wildman–Crippen LogP) is 3.89. The molecule has 1 N–H and O–H groups in total. The van der Waals surface area contributed by atoms with E-state index in [2.05, 4.69) is 31.2 Å². The molecule has 2 aromatic carbocycles. The Kier molecular flexibility index (Phi) is 6.77. The van der Waals surface area contributed by atoms with Gasteiger partial charge in [0.1, 0.15) is 6.33 Å². The molecule has 2 amide bonds. The number of anilines is 1. The molecule has 8 heteroatoms. The minimum Gasteiger partial charge on any atom is -0.467 e. The van der Waals surface area contributed by atoms with Crippen molar-refractivity contribution in [2.45, 2.75) is 13.8 Å². The molecule has 0 aliphatic rings. The van der Waals surface area contributed by atoms with Gasteiger partial charge >= 0.3 is 0 Å². The first-order valence-corrected chi connectivity index (χ1v) is 10.0.